The number of carbonyl (C=O) groups excluding carboxylic acids is 1. The van der Waals surface area contributed by atoms with E-state index in [1.165, 1.54) is 5.56 Å². The average Bonchev–Trinajstić information content (AvgIpc) is 3.09. The van der Waals surface area contributed by atoms with Crippen molar-refractivity contribution in [1.29, 1.82) is 0 Å². The van der Waals surface area contributed by atoms with Crippen LogP contribution in [0.3, 0.4) is 0 Å². The van der Waals surface area contributed by atoms with Crippen LogP contribution in [0.4, 0.5) is 0 Å². The normalized spacial score (nSPS) is 27.2. The van der Waals surface area contributed by atoms with Crippen LogP contribution in [0.2, 0.25) is 0 Å². The van der Waals surface area contributed by atoms with E-state index in [0.29, 0.717) is 6.04 Å². The van der Waals surface area contributed by atoms with Gasteiger partial charge in [-0.2, -0.15) is 0 Å². The van der Waals surface area contributed by atoms with E-state index in [-0.39, 0.29) is 24.7 Å². The predicted octanol–water partition coefficient (Wildman–Crippen LogP) is 1.96. The van der Waals surface area contributed by atoms with Crippen LogP contribution < -0.4 is 5.32 Å². The molecule has 2 heterocycles. The van der Waals surface area contributed by atoms with Gasteiger partial charge in [-0.1, -0.05) is 30.3 Å². The van der Waals surface area contributed by atoms with E-state index in [2.05, 4.69) is 34.5 Å². The van der Waals surface area contributed by atoms with Gasteiger partial charge in [0.25, 0.3) is 0 Å². The molecule has 0 bridgehead atoms. The highest BCUT2D eigenvalue weighted by atomic mass is 16.6. The predicted molar refractivity (Wildman–Crippen MR) is 92.6 cm³/mol. The zero-order valence-corrected chi connectivity index (χ0v) is 14.8. The fourth-order valence-corrected chi connectivity index (χ4v) is 3.64. The van der Waals surface area contributed by atoms with Crippen molar-refractivity contribution in [3.63, 3.8) is 0 Å². The van der Waals surface area contributed by atoms with Crippen molar-refractivity contribution >= 4 is 5.97 Å². The van der Waals surface area contributed by atoms with Crippen LogP contribution in [0.5, 0.6) is 0 Å². The largest absolute Gasteiger partial charge is 0.459 e. The molecule has 24 heavy (non-hydrogen) atoms. The summed E-state index contributed by atoms with van der Waals surface area (Å²) < 4.78 is 11.3. The molecule has 5 heteroatoms. The Balaban J connectivity index is 1.56. The molecule has 0 amide bonds. The third-order valence-corrected chi connectivity index (χ3v) is 4.56. The van der Waals surface area contributed by atoms with Crippen LogP contribution in [0, 0.1) is 0 Å². The lowest BCUT2D eigenvalue weighted by Gasteiger charge is -2.22. The Morgan fingerprint density at radius 2 is 2.08 bits per heavy atom. The molecule has 132 valence electrons. The highest BCUT2D eigenvalue weighted by Gasteiger charge is 2.45. The van der Waals surface area contributed by atoms with Gasteiger partial charge in [0.1, 0.15) is 5.60 Å². The van der Waals surface area contributed by atoms with Gasteiger partial charge in [0, 0.05) is 31.8 Å². The molecule has 2 fully saturated rings. The summed E-state index contributed by atoms with van der Waals surface area (Å²) in [6.07, 6.45) is 1.22. The lowest BCUT2D eigenvalue weighted by atomic mass is 10.1. The number of hydrogen-bond donors (Lipinski definition) is 1. The summed E-state index contributed by atoms with van der Waals surface area (Å²) in [5.41, 5.74) is 0.871. The van der Waals surface area contributed by atoms with Gasteiger partial charge in [0.2, 0.25) is 0 Å². The number of nitrogens with one attached hydrogen (secondary N) is 1. The first kappa shape index (κ1) is 17.4. The van der Waals surface area contributed by atoms with Gasteiger partial charge in [-0.25, -0.2) is 0 Å². The smallest absolute Gasteiger partial charge is 0.320 e. The van der Waals surface area contributed by atoms with Crippen molar-refractivity contribution < 1.29 is 14.3 Å². The number of esters is 1. The van der Waals surface area contributed by atoms with E-state index in [1.807, 2.05) is 26.8 Å². The minimum Gasteiger partial charge on any atom is -0.459 e. The van der Waals surface area contributed by atoms with Gasteiger partial charge in [0.15, 0.2) is 0 Å². The van der Waals surface area contributed by atoms with Gasteiger partial charge < -0.3 is 14.8 Å². The molecule has 1 N–H and O–H groups in total. The molecule has 0 radical (unpaired) electrons. The Bertz CT molecular complexity index is 555. The number of rotatable bonds is 5. The van der Waals surface area contributed by atoms with Crippen LogP contribution in [0.25, 0.3) is 0 Å². The zero-order chi connectivity index (χ0) is 17.2. The highest BCUT2D eigenvalue weighted by molar-refractivity contribution is 5.72. The molecule has 3 atom stereocenters. The van der Waals surface area contributed by atoms with Gasteiger partial charge in [-0.15, -0.1) is 0 Å². The topological polar surface area (TPSA) is 50.8 Å². The van der Waals surface area contributed by atoms with Crippen molar-refractivity contribution in [3.8, 4) is 0 Å². The molecule has 5 nitrogen and oxygen atoms in total. The van der Waals surface area contributed by atoms with Gasteiger partial charge in [0.05, 0.1) is 12.6 Å². The molecule has 0 spiro atoms. The third kappa shape index (κ3) is 4.35. The maximum atomic E-state index is 11.9. The summed E-state index contributed by atoms with van der Waals surface area (Å²) in [5, 5.41) is 3.35. The maximum Gasteiger partial charge on any atom is 0.320 e. The van der Waals surface area contributed by atoms with Gasteiger partial charge in [-0.3, -0.25) is 9.69 Å². The van der Waals surface area contributed by atoms with Crippen molar-refractivity contribution in [2.75, 3.05) is 19.7 Å². The van der Waals surface area contributed by atoms with Crippen LogP contribution in [-0.4, -0.2) is 54.4 Å². The molecule has 0 aliphatic carbocycles. The van der Waals surface area contributed by atoms with Crippen LogP contribution in [-0.2, 0) is 20.8 Å². The molecular formula is C19H28N2O3. The van der Waals surface area contributed by atoms with E-state index in [0.717, 1.165) is 26.1 Å². The third-order valence-electron chi connectivity index (χ3n) is 4.56. The highest BCUT2D eigenvalue weighted by Crippen LogP contribution is 2.30. The fourth-order valence-electron chi connectivity index (χ4n) is 3.64. The number of nitrogens with zero attached hydrogens (tertiary/aromatic N) is 1. The summed E-state index contributed by atoms with van der Waals surface area (Å²) >= 11 is 0. The molecule has 2 saturated heterocycles. The van der Waals surface area contributed by atoms with Crippen LogP contribution >= 0.6 is 0 Å². The minimum absolute atomic E-state index is 0.163. The minimum atomic E-state index is -0.444. The second-order valence-corrected chi connectivity index (χ2v) is 7.68. The summed E-state index contributed by atoms with van der Waals surface area (Å²) in [7, 11) is 0. The van der Waals surface area contributed by atoms with Crippen molar-refractivity contribution in [2.24, 2.45) is 0 Å². The number of fused-ring (bicyclic) bond motifs is 1. The summed E-state index contributed by atoms with van der Waals surface area (Å²) in [5.74, 6) is -0.210. The molecule has 2 aliphatic rings. The summed E-state index contributed by atoms with van der Waals surface area (Å²) in [6, 6.07) is 11.1. The number of likely N-dealkylation sites (tertiary alicyclic amines) is 1. The van der Waals surface area contributed by atoms with Crippen molar-refractivity contribution in [2.45, 2.75) is 57.5 Å². The zero-order valence-electron chi connectivity index (χ0n) is 14.8. The summed E-state index contributed by atoms with van der Waals surface area (Å²) in [4.78, 5) is 14.4. The molecule has 1 aromatic carbocycles. The first-order valence-electron chi connectivity index (χ1n) is 8.77. The Hall–Kier alpha value is -1.43. The molecule has 2 aliphatic heterocycles. The molecule has 0 saturated carbocycles. The van der Waals surface area contributed by atoms with E-state index in [4.69, 9.17) is 9.47 Å². The molecule has 3 unspecified atom stereocenters. The monoisotopic (exact) mass is 332 g/mol. The quantitative estimate of drug-likeness (QED) is 0.836. The molecule has 3 rings (SSSR count). The van der Waals surface area contributed by atoms with E-state index in [9.17, 15) is 4.79 Å². The SMILES string of the molecule is CC(C)(C)OC(=O)CNC1CN(Cc2ccccc2)C2CCOC12. The first-order chi connectivity index (χ1) is 11.4. The molecule has 1 aromatic rings. The standard InChI is InChI=1S/C19H28N2O3/c1-19(2,3)24-17(22)11-20-15-13-21(16-9-10-23-18(15)16)12-14-7-5-4-6-8-14/h4-8,15-16,18,20H,9-13H2,1-3H3. The van der Waals surface area contributed by atoms with Crippen molar-refractivity contribution in [1.82, 2.24) is 10.2 Å². The van der Waals surface area contributed by atoms with Crippen LogP contribution in [0.1, 0.15) is 32.8 Å². The number of ether oxygens (including phenoxy) is 2. The Labute approximate surface area is 144 Å². The lowest BCUT2D eigenvalue weighted by Crippen LogP contribution is -2.44. The Morgan fingerprint density at radius 1 is 1.33 bits per heavy atom. The Morgan fingerprint density at radius 3 is 2.79 bits per heavy atom. The number of carbonyl (C=O) groups is 1. The van der Waals surface area contributed by atoms with Crippen LogP contribution in [0.15, 0.2) is 30.3 Å². The second-order valence-electron chi connectivity index (χ2n) is 7.68. The van der Waals surface area contributed by atoms with Gasteiger partial charge >= 0.3 is 5.97 Å². The van der Waals surface area contributed by atoms with E-state index in [1.54, 1.807) is 0 Å². The fraction of sp³-hybridized carbons (Fsp3) is 0.632. The number of benzene rings is 1. The van der Waals surface area contributed by atoms with Crippen molar-refractivity contribution in [3.05, 3.63) is 35.9 Å². The van der Waals surface area contributed by atoms with E-state index < -0.39 is 5.60 Å². The second kappa shape index (κ2) is 7.21. The average molecular weight is 332 g/mol. The molecular weight excluding hydrogens is 304 g/mol. The maximum absolute atomic E-state index is 11.9. The van der Waals surface area contributed by atoms with Gasteiger partial charge in [-0.05, 0) is 32.8 Å². The van der Waals surface area contributed by atoms with E-state index >= 15 is 0 Å². The molecule has 0 aromatic heterocycles. The summed E-state index contributed by atoms with van der Waals surface area (Å²) in [6.45, 7) is 8.51. The lowest BCUT2D eigenvalue weighted by molar-refractivity contribution is -0.153. The number of hydrogen-bond acceptors (Lipinski definition) is 5. The Kier molecular flexibility index (Phi) is 5.23. The first-order valence-corrected chi connectivity index (χ1v) is 8.77.